The van der Waals surface area contributed by atoms with Crippen LogP contribution in [0.1, 0.15) is 11.1 Å². The number of ether oxygens (including phenoxy) is 2. The Bertz CT molecular complexity index is 956. The van der Waals surface area contributed by atoms with E-state index in [1.54, 1.807) is 4.52 Å². The Morgan fingerprint density at radius 2 is 2.37 bits per heavy atom. The van der Waals surface area contributed by atoms with Crippen molar-refractivity contribution >= 4 is 17.0 Å². The second kappa shape index (κ2) is 8.18. The molecule has 0 unspecified atom stereocenters. The molecule has 1 fully saturated rings. The average molecular weight is 363 g/mol. The molecule has 7 nitrogen and oxygen atoms in total. The molecule has 0 spiro atoms. The van der Waals surface area contributed by atoms with Crippen molar-refractivity contribution in [2.45, 2.75) is 12.7 Å². The first-order chi connectivity index (χ1) is 13.3. The van der Waals surface area contributed by atoms with Gasteiger partial charge in [-0.3, -0.25) is 0 Å². The smallest absolute Gasteiger partial charge is 0.158 e. The van der Waals surface area contributed by atoms with Crippen LogP contribution in [0.2, 0.25) is 0 Å². The first-order valence-corrected chi connectivity index (χ1v) is 8.88. The number of benzene rings is 1. The lowest BCUT2D eigenvalue weighted by molar-refractivity contribution is -0.0355. The maximum absolute atomic E-state index is 5.88. The normalized spacial score (nSPS) is 16.9. The van der Waals surface area contributed by atoms with Crippen LogP contribution in [0.4, 0.5) is 11.5 Å². The van der Waals surface area contributed by atoms with Gasteiger partial charge in [0.15, 0.2) is 5.82 Å². The van der Waals surface area contributed by atoms with Gasteiger partial charge in [0.25, 0.3) is 0 Å². The zero-order valence-electron chi connectivity index (χ0n) is 14.9. The maximum atomic E-state index is 5.88. The third-order valence-corrected chi connectivity index (χ3v) is 4.40. The molecule has 138 valence electrons. The van der Waals surface area contributed by atoms with Crippen LogP contribution in [0.5, 0.6) is 0 Å². The van der Waals surface area contributed by atoms with E-state index in [2.05, 4.69) is 26.6 Å². The summed E-state index contributed by atoms with van der Waals surface area (Å²) in [5, 5.41) is 10.9. The fourth-order valence-corrected chi connectivity index (χ4v) is 3.08. The number of aromatic nitrogens is 3. The average Bonchev–Trinajstić information content (AvgIpc) is 3.13. The fraction of sp³-hybridized carbons (Fsp3) is 0.300. The molecule has 3 aromatic rings. The lowest BCUT2D eigenvalue weighted by Crippen LogP contribution is -2.40. The van der Waals surface area contributed by atoms with Gasteiger partial charge in [-0.05, 0) is 24.3 Å². The van der Waals surface area contributed by atoms with Crippen molar-refractivity contribution in [3.8, 4) is 12.3 Å². The van der Waals surface area contributed by atoms with Crippen LogP contribution in [-0.4, -0.2) is 47.0 Å². The molecule has 2 aromatic heterocycles. The summed E-state index contributed by atoms with van der Waals surface area (Å²) < 4.78 is 13.3. The van der Waals surface area contributed by atoms with E-state index in [-0.39, 0.29) is 6.10 Å². The summed E-state index contributed by atoms with van der Waals surface area (Å²) in [6, 6.07) is 9.65. The Morgan fingerprint density at radius 1 is 1.41 bits per heavy atom. The Hall–Kier alpha value is -2.92. The van der Waals surface area contributed by atoms with Gasteiger partial charge in [0, 0.05) is 36.1 Å². The molecular formula is C20H21N5O2. The molecule has 0 saturated carbocycles. The van der Waals surface area contributed by atoms with Crippen molar-refractivity contribution in [2.75, 3.05) is 31.6 Å². The first kappa shape index (κ1) is 17.5. The molecular weight excluding hydrogens is 342 g/mol. The lowest BCUT2D eigenvalue weighted by atomic mass is 10.2. The van der Waals surface area contributed by atoms with Crippen molar-refractivity contribution in [3.63, 3.8) is 0 Å². The zero-order valence-corrected chi connectivity index (χ0v) is 14.9. The highest BCUT2D eigenvalue weighted by atomic mass is 16.5. The summed E-state index contributed by atoms with van der Waals surface area (Å²) >= 11 is 0. The predicted molar refractivity (Wildman–Crippen MR) is 103 cm³/mol. The van der Waals surface area contributed by atoms with Gasteiger partial charge in [-0.2, -0.15) is 5.10 Å². The van der Waals surface area contributed by atoms with Crippen LogP contribution < -0.4 is 10.6 Å². The van der Waals surface area contributed by atoms with Crippen molar-refractivity contribution in [2.24, 2.45) is 0 Å². The highest BCUT2D eigenvalue weighted by Gasteiger charge is 2.15. The monoisotopic (exact) mass is 363 g/mol. The minimum Gasteiger partial charge on any atom is -0.374 e. The van der Waals surface area contributed by atoms with E-state index in [9.17, 15) is 0 Å². The highest BCUT2D eigenvalue weighted by molar-refractivity contribution is 5.76. The molecule has 1 aliphatic rings. The standard InChI is InChI=1S/C20H21N5O2/c1-2-15-4-3-5-17(10-15)24-20-19-16(6-8-25(19)23-14-22-20)12-26-13-18-11-21-7-9-27-18/h1,3-6,8,10,14,18,21H,7,9,11-13H2,(H,22,23,24)/t18-/m0/s1. The van der Waals surface area contributed by atoms with Gasteiger partial charge in [0.1, 0.15) is 11.8 Å². The van der Waals surface area contributed by atoms with E-state index in [0.717, 1.165) is 42.0 Å². The predicted octanol–water partition coefficient (Wildman–Crippen LogP) is 1.96. The minimum atomic E-state index is 0.0907. The van der Waals surface area contributed by atoms with Gasteiger partial charge in [0.2, 0.25) is 0 Å². The number of hydrogen-bond acceptors (Lipinski definition) is 6. The SMILES string of the molecule is C#Cc1cccc(Nc2ncnn3ccc(COC[C@@H]4CNCCO4)c23)c1. The van der Waals surface area contributed by atoms with E-state index < -0.39 is 0 Å². The Kier molecular flexibility index (Phi) is 5.30. The van der Waals surface area contributed by atoms with E-state index in [0.29, 0.717) is 19.0 Å². The van der Waals surface area contributed by atoms with Gasteiger partial charge < -0.3 is 20.1 Å². The van der Waals surface area contributed by atoms with Crippen LogP contribution in [-0.2, 0) is 16.1 Å². The number of rotatable bonds is 6. The van der Waals surface area contributed by atoms with E-state index >= 15 is 0 Å². The fourth-order valence-electron chi connectivity index (χ4n) is 3.08. The minimum absolute atomic E-state index is 0.0907. The number of morpholine rings is 1. The van der Waals surface area contributed by atoms with Crippen molar-refractivity contribution in [1.29, 1.82) is 0 Å². The Labute approximate surface area is 157 Å². The molecule has 1 aromatic carbocycles. The summed E-state index contributed by atoms with van der Waals surface area (Å²) in [4.78, 5) is 4.40. The van der Waals surface area contributed by atoms with Crippen LogP contribution in [0.25, 0.3) is 5.52 Å². The van der Waals surface area contributed by atoms with Crippen molar-refractivity contribution in [1.82, 2.24) is 19.9 Å². The number of fused-ring (bicyclic) bond motifs is 1. The molecule has 4 rings (SSSR count). The molecule has 2 N–H and O–H groups in total. The van der Waals surface area contributed by atoms with Crippen LogP contribution in [0.15, 0.2) is 42.9 Å². The van der Waals surface area contributed by atoms with Gasteiger partial charge in [-0.1, -0.05) is 12.0 Å². The quantitative estimate of drug-likeness (QED) is 0.653. The third-order valence-electron chi connectivity index (χ3n) is 4.40. The van der Waals surface area contributed by atoms with E-state index in [1.807, 2.05) is 36.5 Å². The molecule has 0 amide bonds. The number of anilines is 2. The van der Waals surface area contributed by atoms with Gasteiger partial charge in [-0.25, -0.2) is 9.50 Å². The number of nitrogens with one attached hydrogen (secondary N) is 2. The third kappa shape index (κ3) is 4.09. The van der Waals surface area contributed by atoms with E-state index in [4.69, 9.17) is 15.9 Å². The molecule has 0 aliphatic carbocycles. The summed E-state index contributed by atoms with van der Waals surface area (Å²) in [7, 11) is 0. The van der Waals surface area contributed by atoms with Gasteiger partial charge >= 0.3 is 0 Å². The number of terminal acetylenes is 1. The number of hydrogen-bond donors (Lipinski definition) is 2. The van der Waals surface area contributed by atoms with E-state index in [1.165, 1.54) is 6.33 Å². The Balaban J connectivity index is 1.51. The summed E-state index contributed by atoms with van der Waals surface area (Å²) in [5.74, 6) is 3.35. The van der Waals surface area contributed by atoms with Crippen LogP contribution in [0.3, 0.4) is 0 Å². The molecule has 0 bridgehead atoms. The molecule has 1 saturated heterocycles. The van der Waals surface area contributed by atoms with Crippen LogP contribution in [0, 0.1) is 12.3 Å². The molecule has 1 aliphatic heterocycles. The molecule has 3 heterocycles. The molecule has 1 atom stereocenters. The van der Waals surface area contributed by atoms with Crippen molar-refractivity contribution in [3.05, 3.63) is 54.0 Å². The molecule has 0 radical (unpaired) electrons. The maximum Gasteiger partial charge on any atom is 0.158 e. The summed E-state index contributed by atoms with van der Waals surface area (Å²) in [5.41, 5.74) is 3.58. The highest BCUT2D eigenvalue weighted by Crippen LogP contribution is 2.24. The zero-order chi connectivity index (χ0) is 18.5. The largest absolute Gasteiger partial charge is 0.374 e. The Morgan fingerprint density at radius 3 is 3.22 bits per heavy atom. The second-order valence-electron chi connectivity index (χ2n) is 6.30. The van der Waals surface area contributed by atoms with Gasteiger partial charge in [0.05, 0.1) is 25.9 Å². The summed E-state index contributed by atoms with van der Waals surface area (Å²) in [6.45, 7) is 3.45. The second-order valence-corrected chi connectivity index (χ2v) is 6.30. The topological polar surface area (TPSA) is 72.7 Å². The van der Waals surface area contributed by atoms with Crippen molar-refractivity contribution < 1.29 is 9.47 Å². The van der Waals surface area contributed by atoms with Gasteiger partial charge in [-0.15, -0.1) is 6.42 Å². The lowest BCUT2D eigenvalue weighted by Gasteiger charge is -2.23. The number of nitrogens with zero attached hydrogens (tertiary/aromatic N) is 3. The molecule has 7 heteroatoms. The van der Waals surface area contributed by atoms with Crippen LogP contribution >= 0.6 is 0 Å². The first-order valence-electron chi connectivity index (χ1n) is 8.88. The summed E-state index contributed by atoms with van der Waals surface area (Å²) in [6.07, 6.45) is 9.00. The molecule has 27 heavy (non-hydrogen) atoms.